The number of carbonyl (C=O) groups is 2. The third-order valence-electron chi connectivity index (χ3n) is 3.66. The number of nitrogens with zero attached hydrogens (tertiary/aromatic N) is 2. The van der Waals surface area contributed by atoms with Gasteiger partial charge in [-0.15, -0.1) is 0 Å². The highest BCUT2D eigenvalue weighted by molar-refractivity contribution is 6.05. The summed E-state index contributed by atoms with van der Waals surface area (Å²) in [6.07, 6.45) is 0.481. The van der Waals surface area contributed by atoms with E-state index in [-0.39, 0.29) is 17.0 Å². The lowest BCUT2D eigenvalue weighted by atomic mass is 10.1. The van der Waals surface area contributed by atoms with Crippen molar-refractivity contribution in [1.29, 1.82) is 0 Å². The van der Waals surface area contributed by atoms with Crippen molar-refractivity contribution < 1.29 is 24.3 Å². The second-order valence-corrected chi connectivity index (χ2v) is 5.29. The van der Waals surface area contributed by atoms with Gasteiger partial charge < -0.3 is 20.1 Å². The third kappa shape index (κ3) is 3.01. The first kappa shape index (κ1) is 16.4. The van der Waals surface area contributed by atoms with E-state index in [1.54, 1.807) is 24.3 Å². The van der Waals surface area contributed by atoms with Crippen LogP contribution in [0.15, 0.2) is 34.9 Å². The number of pyridine rings is 1. The molecule has 0 spiro atoms. The van der Waals surface area contributed by atoms with Gasteiger partial charge in [-0.2, -0.15) is 0 Å². The fraction of sp³-hybridized carbons (Fsp3) is 0.176. The number of rotatable bonds is 5. The zero-order chi connectivity index (χ0) is 18.0. The van der Waals surface area contributed by atoms with Crippen LogP contribution >= 0.6 is 0 Å². The normalized spacial score (nSPS) is 10.8. The molecule has 8 nitrogen and oxygen atoms in total. The van der Waals surface area contributed by atoms with E-state index in [0.29, 0.717) is 28.8 Å². The molecule has 3 aromatic rings. The Balaban J connectivity index is 2.22. The average molecular weight is 341 g/mol. The number of aliphatic carboxylic acids is 1. The van der Waals surface area contributed by atoms with E-state index in [1.807, 2.05) is 13.0 Å². The molecular formula is C17H15N3O5. The Morgan fingerprint density at radius 3 is 2.60 bits per heavy atom. The molecule has 2 heterocycles. The number of benzene rings is 1. The van der Waals surface area contributed by atoms with E-state index in [9.17, 15) is 14.7 Å². The van der Waals surface area contributed by atoms with Crippen LogP contribution in [0.4, 0.5) is 0 Å². The zero-order valence-electron chi connectivity index (χ0n) is 13.3. The van der Waals surface area contributed by atoms with Gasteiger partial charge in [-0.05, 0) is 6.42 Å². The Morgan fingerprint density at radius 2 is 1.96 bits per heavy atom. The van der Waals surface area contributed by atoms with Crippen molar-refractivity contribution in [3.63, 3.8) is 0 Å². The molecular weight excluding hydrogens is 326 g/mol. The van der Waals surface area contributed by atoms with E-state index in [0.717, 1.165) is 0 Å². The first-order chi connectivity index (χ1) is 12.0. The maximum absolute atomic E-state index is 12.3. The molecule has 8 heteroatoms. The topological polar surface area (TPSA) is 126 Å². The highest BCUT2D eigenvalue weighted by atomic mass is 16.5. The number of hydrogen-bond acceptors (Lipinski definition) is 6. The van der Waals surface area contributed by atoms with Gasteiger partial charge in [-0.1, -0.05) is 42.4 Å². The van der Waals surface area contributed by atoms with Crippen LogP contribution in [0.25, 0.3) is 22.2 Å². The maximum atomic E-state index is 12.3. The van der Waals surface area contributed by atoms with Crippen LogP contribution in [0.5, 0.6) is 5.75 Å². The van der Waals surface area contributed by atoms with Crippen molar-refractivity contribution in [3.8, 4) is 17.0 Å². The number of fused-ring (bicyclic) bond motifs is 1. The lowest BCUT2D eigenvalue weighted by Crippen LogP contribution is -2.30. The zero-order valence-corrected chi connectivity index (χ0v) is 13.3. The fourth-order valence-corrected chi connectivity index (χ4v) is 2.49. The van der Waals surface area contributed by atoms with E-state index in [2.05, 4.69) is 15.5 Å². The number of aromatic nitrogens is 2. The van der Waals surface area contributed by atoms with Crippen LogP contribution in [0.2, 0.25) is 0 Å². The summed E-state index contributed by atoms with van der Waals surface area (Å²) in [5, 5.41) is 25.6. The van der Waals surface area contributed by atoms with E-state index < -0.39 is 18.4 Å². The molecule has 1 aromatic carbocycles. The molecule has 0 saturated carbocycles. The lowest BCUT2D eigenvalue weighted by molar-refractivity contribution is -0.135. The Kier molecular flexibility index (Phi) is 4.34. The number of carbonyl (C=O) groups excluding carboxylic acids is 1. The van der Waals surface area contributed by atoms with Crippen molar-refractivity contribution in [2.75, 3.05) is 6.54 Å². The molecule has 0 bridgehead atoms. The lowest BCUT2D eigenvalue weighted by Gasteiger charge is -2.09. The molecule has 128 valence electrons. The summed E-state index contributed by atoms with van der Waals surface area (Å²) in [7, 11) is 0. The molecule has 0 atom stereocenters. The molecule has 0 radical (unpaired) electrons. The summed E-state index contributed by atoms with van der Waals surface area (Å²) in [5.74, 6) is -2.37. The fourth-order valence-electron chi connectivity index (χ4n) is 2.49. The Labute approximate surface area is 142 Å². The highest BCUT2D eigenvalue weighted by Crippen LogP contribution is 2.36. The van der Waals surface area contributed by atoms with E-state index in [4.69, 9.17) is 9.63 Å². The number of amides is 1. The molecule has 3 rings (SSSR count). The minimum Gasteiger partial charge on any atom is -0.505 e. The summed E-state index contributed by atoms with van der Waals surface area (Å²) in [6, 6.07) is 9.01. The molecule has 0 unspecified atom stereocenters. The van der Waals surface area contributed by atoms with Gasteiger partial charge >= 0.3 is 5.97 Å². The summed E-state index contributed by atoms with van der Waals surface area (Å²) in [6.45, 7) is 1.26. The van der Waals surface area contributed by atoms with Crippen LogP contribution in [0.1, 0.15) is 23.1 Å². The third-order valence-corrected chi connectivity index (χ3v) is 3.66. The van der Waals surface area contributed by atoms with Crippen LogP contribution in [-0.4, -0.2) is 38.8 Å². The number of carboxylic acid groups (broad SMARTS) is 1. The van der Waals surface area contributed by atoms with E-state index in [1.165, 1.54) is 0 Å². The van der Waals surface area contributed by atoms with Gasteiger partial charge in [0.2, 0.25) is 0 Å². The summed E-state index contributed by atoms with van der Waals surface area (Å²) in [5.41, 5.74) is 1.51. The van der Waals surface area contributed by atoms with Crippen molar-refractivity contribution in [2.45, 2.75) is 13.3 Å². The largest absolute Gasteiger partial charge is 0.505 e. The molecule has 0 aliphatic heterocycles. The highest BCUT2D eigenvalue weighted by Gasteiger charge is 2.25. The SMILES string of the molecule is CCc1noc2c(-c3ccccc3)nc(C(=O)NCC(=O)O)c(O)c12. The number of hydrogen-bond donors (Lipinski definition) is 3. The van der Waals surface area contributed by atoms with Crippen LogP contribution < -0.4 is 5.32 Å². The molecule has 0 aliphatic carbocycles. The summed E-state index contributed by atoms with van der Waals surface area (Å²) in [4.78, 5) is 27.1. The average Bonchev–Trinajstić information content (AvgIpc) is 3.05. The second kappa shape index (κ2) is 6.60. The number of carboxylic acids is 1. The van der Waals surface area contributed by atoms with Gasteiger partial charge in [0.05, 0.1) is 11.1 Å². The Morgan fingerprint density at radius 1 is 1.24 bits per heavy atom. The van der Waals surface area contributed by atoms with Crippen molar-refractivity contribution in [1.82, 2.24) is 15.5 Å². The molecule has 1 amide bonds. The summed E-state index contributed by atoms with van der Waals surface area (Å²) >= 11 is 0. The van der Waals surface area contributed by atoms with Gasteiger partial charge in [0.25, 0.3) is 5.91 Å². The van der Waals surface area contributed by atoms with Crippen molar-refractivity contribution in [2.24, 2.45) is 0 Å². The van der Waals surface area contributed by atoms with Gasteiger partial charge in [0, 0.05) is 5.56 Å². The quantitative estimate of drug-likeness (QED) is 0.647. The minimum absolute atomic E-state index is 0.273. The second-order valence-electron chi connectivity index (χ2n) is 5.29. The van der Waals surface area contributed by atoms with Gasteiger partial charge in [0.1, 0.15) is 12.2 Å². The Hall–Kier alpha value is -3.42. The van der Waals surface area contributed by atoms with E-state index >= 15 is 0 Å². The van der Waals surface area contributed by atoms with Crippen molar-refractivity contribution in [3.05, 3.63) is 41.7 Å². The van der Waals surface area contributed by atoms with Gasteiger partial charge in [0.15, 0.2) is 17.0 Å². The van der Waals surface area contributed by atoms with Crippen LogP contribution in [0.3, 0.4) is 0 Å². The predicted octanol–water partition coefficient (Wildman–Crippen LogP) is 1.97. The number of aromatic hydroxyl groups is 1. The van der Waals surface area contributed by atoms with Crippen LogP contribution in [0, 0.1) is 0 Å². The monoisotopic (exact) mass is 341 g/mol. The molecule has 3 N–H and O–H groups in total. The summed E-state index contributed by atoms with van der Waals surface area (Å²) < 4.78 is 5.34. The molecule has 0 fully saturated rings. The van der Waals surface area contributed by atoms with Gasteiger partial charge in [-0.3, -0.25) is 9.59 Å². The van der Waals surface area contributed by atoms with Crippen molar-refractivity contribution >= 4 is 22.8 Å². The van der Waals surface area contributed by atoms with Crippen LogP contribution in [-0.2, 0) is 11.2 Å². The molecule has 0 aliphatic rings. The number of aryl methyl sites for hydroxylation is 1. The first-order valence-electron chi connectivity index (χ1n) is 7.59. The first-order valence-corrected chi connectivity index (χ1v) is 7.59. The Bertz CT molecular complexity index is 950. The molecule has 2 aromatic heterocycles. The molecule has 0 saturated heterocycles. The maximum Gasteiger partial charge on any atom is 0.322 e. The van der Waals surface area contributed by atoms with Gasteiger partial charge in [-0.25, -0.2) is 4.98 Å². The molecule has 25 heavy (non-hydrogen) atoms. The number of nitrogens with one attached hydrogen (secondary N) is 1. The minimum atomic E-state index is -1.20. The predicted molar refractivity (Wildman–Crippen MR) is 88.3 cm³/mol. The standard InChI is InChI=1S/C17H15N3O5/c1-2-10-12-15(23)14(17(24)18-8-11(21)22)19-13(16(12)25-20-10)9-6-4-3-5-7-9/h3-7,23H,2,8H2,1H3,(H,18,24)(H,21,22). The smallest absolute Gasteiger partial charge is 0.322 e.